The number of nitrogens with two attached hydrogens (primary N) is 1. The molecular formula is C14H20ClF2N3O. The predicted molar refractivity (Wildman–Crippen MR) is 80.2 cm³/mol. The molecule has 7 heteroatoms. The van der Waals surface area contributed by atoms with E-state index in [1.54, 1.807) is 17.9 Å². The van der Waals surface area contributed by atoms with Gasteiger partial charge in [0.1, 0.15) is 11.0 Å². The lowest BCUT2D eigenvalue weighted by Crippen LogP contribution is -2.40. The summed E-state index contributed by atoms with van der Waals surface area (Å²) < 4.78 is 26.3. The maximum atomic E-state index is 13.1. The zero-order valence-corrected chi connectivity index (χ0v) is 13.2. The number of carbonyl (C=O) groups excluding carboxylic acids is 1. The Balaban J connectivity index is 0.00000106. The molecule has 0 atom stereocenters. The third kappa shape index (κ3) is 4.27. The van der Waals surface area contributed by atoms with Gasteiger partial charge in [0.15, 0.2) is 0 Å². The van der Waals surface area contributed by atoms with Gasteiger partial charge in [0.25, 0.3) is 11.8 Å². The second kappa shape index (κ2) is 7.02. The Kier molecular flexibility index (Phi) is 5.89. The Morgan fingerprint density at radius 2 is 1.90 bits per heavy atom. The Morgan fingerprint density at radius 3 is 2.38 bits per heavy atom. The van der Waals surface area contributed by atoms with Crippen LogP contribution in [0.25, 0.3) is 0 Å². The summed E-state index contributed by atoms with van der Waals surface area (Å²) in [4.78, 5) is 17.2. The molecule has 0 spiro atoms. The molecule has 0 aromatic carbocycles. The highest BCUT2D eigenvalue weighted by Gasteiger charge is 2.35. The summed E-state index contributed by atoms with van der Waals surface area (Å²) in [5.41, 5.74) is 6.14. The van der Waals surface area contributed by atoms with Crippen LogP contribution in [0.1, 0.15) is 42.6 Å². The summed E-state index contributed by atoms with van der Waals surface area (Å²) in [5.74, 6) is -3.00. The van der Waals surface area contributed by atoms with Gasteiger partial charge in [0, 0.05) is 25.9 Å². The van der Waals surface area contributed by atoms with Crippen molar-refractivity contribution in [2.24, 2.45) is 5.73 Å². The minimum atomic E-state index is -2.65. The van der Waals surface area contributed by atoms with E-state index in [0.717, 1.165) is 0 Å². The van der Waals surface area contributed by atoms with Crippen molar-refractivity contribution in [3.63, 3.8) is 0 Å². The number of hydrogen-bond donors (Lipinski definition) is 1. The van der Waals surface area contributed by atoms with Crippen LogP contribution in [0.4, 0.5) is 14.6 Å². The quantitative estimate of drug-likeness (QED) is 0.850. The van der Waals surface area contributed by atoms with Gasteiger partial charge in [0.2, 0.25) is 0 Å². The van der Waals surface area contributed by atoms with Crippen molar-refractivity contribution in [1.82, 2.24) is 4.98 Å². The van der Waals surface area contributed by atoms with Crippen molar-refractivity contribution in [3.05, 3.63) is 22.3 Å². The molecule has 0 radical (unpaired) electrons. The summed E-state index contributed by atoms with van der Waals surface area (Å²) >= 11 is 5.93. The number of nitrogens with zero attached hydrogens (tertiary/aromatic N) is 2. The van der Waals surface area contributed by atoms with E-state index in [1.807, 2.05) is 13.8 Å². The monoisotopic (exact) mass is 319 g/mol. The average Bonchev–Trinajstić information content (AvgIpc) is 2.43. The minimum Gasteiger partial charge on any atom is -0.365 e. The normalized spacial score (nSPS) is 17.0. The summed E-state index contributed by atoms with van der Waals surface area (Å²) in [7, 11) is 0. The molecule has 2 N–H and O–H groups in total. The summed E-state index contributed by atoms with van der Waals surface area (Å²) in [6, 6.07) is 1.54. The summed E-state index contributed by atoms with van der Waals surface area (Å²) in [6.45, 7) is 5.95. The van der Waals surface area contributed by atoms with Crippen LogP contribution in [0, 0.1) is 6.92 Å². The van der Waals surface area contributed by atoms with Crippen molar-refractivity contribution >= 4 is 23.3 Å². The van der Waals surface area contributed by atoms with E-state index in [0.29, 0.717) is 11.4 Å². The highest BCUT2D eigenvalue weighted by atomic mass is 35.5. The number of hydrogen-bond acceptors (Lipinski definition) is 3. The molecule has 0 bridgehead atoms. The minimum absolute atomic E-state index is 0.125. The molecule has 1 amide bonds. The molecule has 1 aliphatic heterocycles. The van der Waals surface area contributed by atoms with Gasteiger partial charge in [-0.3, -0.25) is 4.79 Å². The van der Waals surface area contributed by atoms with E-state index in [9.17, 15) is 13.6 Å². The van der Waals surface area contributed by atoms with Gasteiger partial charge < -0.3 is 10.6 Å². The third-order valence-corrected chi connectivity index (χ3v) is 3.57. The van der Waals surface area contributed by atoms with Gasteiger partial charge in [-0.05, 0) is 18.6 Å². The molecule has 0 saturated carbocycles. The largest absolute Gasteiger partial charge is 0.365 e. The Labute approximate surface area is 128 Å². The molecule has 4 nitrogen and oxygen atoms in total. The first-order valence-corrected chi connectivity index (χ1v) is 7.28. The Bertz CT molecular complexity index is 513. The van der Waals surface area contributed by atoms with E-state index >= 15 is 0 Å². The van der Waals surface area contributed by atoms with Crippen LogP contribution < -0.4 is 10.6 Å². The van der Waals surface area contributed by atoms with Gasteiger partial charge in [-0.25, -0.2) is 13.8 Å². The first kappa shape index (κ1) is 17.6. The number of piperidine rings is 1. The van der Waals surface area contributed by atoms with E-state index < -0.39 is 11.8 Å². The molecule has 1 aromatic heterocycles. The zero-order valence-electron chi connectivity index (χ0n) is 12.4. The lowest BCUT2D eigenvalue weighted by Gasteiger charge is -2.33. The van der Waals surface area contributed by atoms with E-state index in [4.69, 9.17) is 17.3 Å². The number of primary amides is 1. The molecule has 2 rings (SSSR count). The molecule has 0 aliphatic carbocycles. The Morgan fingerprint density at radius 1 is 1.38 bits per heavy atom. The third-order valence-electron chi connectivity index (χ3n) is 3.19. The van der Waals surface area contributed by atoms with Crippen molar-refractivity contribution in [1.29, 1.82) is 0 Å². The van der Waals surface area contributed by atoms with Crippen LogP contribution in [0.3, 0.4) is 0 Å². The number of anilines is 1. The van der Waals surface area contributed by atoms with Gasteiger partial charge in [-0.15, -0.1) is 0 Å². The topological polar surface area (TPSA) is 59.2 Å². The van der Waals surface area contributed by atoms with Gasteiger partial charge in [0.05, 0.1) is 5.56 Å². The fraction of sp³-hybridized carbons (Fsp3) is 0.571. The first-order valence-electron chi connectivity index (χ1n) is 6.90. The van der Waals surface area contributed by atoms with Crippen LogP contribution in [-0.4, -0.2) is 29.9 Å². The highest BCUT2D eigenvalue weighted by molar-refractivity contribution is 6.30. The number of pyridine rings is 1. The molecule has 1 saturated heterocycles. The van der Waals surface area contributed by atoms with Gasteiger partial charge >= 0.3 is 0 Å². The number of rotatable bonds is 2. The maximum Gasteiger partial charge on any atom is 0.252 e. The number of halogens is 3. The second-order valence-corrected chi connectivity index (χ2v) is 5.03. The fourth-order valence-corrected chi connectivity index (χ4v) is 2.18. The number of amides is 1. The first-order chi connectivity index (χ1) is 9.80. The van der Waals surface area contributed by atoms with Gasteiger partial charge in [-0.2, -0.15) is 0 Å². The highest BCUT2D eigenvalue weighted by Crippen LogP contribution is 2.32. The van der Waals surface area contributed by atoms with Crippen LogP contribution in [0.5, 0.6) is 0 Å². The lowest BCUT2D eigenvalue weighted by atomic mass is 10.1. The molecule has 1 fully saturated rings. The number of alkyl halides is 2. The lowest BCUT2D eigenvalue weighted by molar-refractivity contribution is -0.0221. The molecule has 0 unspecified atom stereocenters. The SMILES string of the molecule is CC.Cc1cc(C(N)=O)c(N2CCC(F)(F)CC2)nc1Cl. The number of carbonyl (C=O) groups is 1. The predicted octanol–water partition coefficient (Wildman–Crippen LogP) is 3.40. The van der Waals surface area contributed by atoms with Crippen LogP contribution in [0.15, 0.2) is 6.07 Å². The van der Waals surface area contributed by atoms with E-state index in [-0.39, 0.29) is 36.6 Å². The van der Waals surface area contributed by atoms with Crippen LogP contribution in [-0.2, 0) is 0 Å². The zero-order chi connectivity index (χ0) is 16.2. The fourth-order valence-electron chi connectivity index (χ4n) is 2.05. The van der Waals surface area contributed by atoms with Crippen molar-refractivity contribution in [2.45, 2.75) is 39.5 Å². The van der Waals surface area contributed by atoms with Crippen molar-refractivity contribution < 1.29 is 13.6 Å². The number of aromatic nitrogens is 1. The van der Waals surface area contributed by atoms with E-state index in [1.165, 1.54) is 0 Å². The summed E-state index contributed by atoms with van der Waals surface area (Å²) in [5, 5.41) is 0.248. The van der Waals surface area contributed by atoms with Gasteiger partial charge in [-0.1, -0.05) is 25.4 Å². The van der Waals surface area contributed by atoms with Crippen molar-refractivity contribution in [2.75, 3.05) is 18.0 Å². The molecule has 21 heavy (non-hydrogen) atoms. The molecular weight excluding hydrogens is 300 g/mol. The molecule has 1 aromatic rings. The standard InChI is InChI=1S/C12H14ClF2N3O.C2H6/c1-7-6-8(10(16)19)11(17-9(7)13)18-4-2-12(14,15)3-5-18;1-2/h6H,2-5H2,1H3,(H2,16,19);1-2H3. The van der Waals surface area contributed by atoms with E-state index in [2.05, 4.69) is 4.98 Å². The maximum absolute atomic E-state index is 13.1. The average molecular weight is 320 g/mol. The smallest absolute Gasteiger partial charge is 0.252 e. The van der Waals surface area contributed by atoms with Crippen molar-refractivity contribution in [3.8, 4) is 0 Å². The van der Waals surface area contributed by atoms with Crippen LogP contribution in [0.2, 0.25) is 5.15 Å². The second-order valence-electron chi connectivity index (χ2n) is 4.67. The van der Waals surface area contributed by atoms with Crippen LogP contribution >= 0.6 is 11.6 Å². The molecule has 118 valence electrons. The summed E-state index contributed by atoms with van der Waals surface area (Å²) in [6.07, 6.45) is -0.531. The molecule has 2 heterocycles. The number of aryl methyl sites for hydroxylation is 1. The Hall–Kier alpha value is -1.43. The molecule has 1 aliphatic rings.